The molecule has 0 aromatic heterocycles. The van der Waals surface area contributed by atoms with Crippen LogP contribution in [0, 0.1) is 6.92 Å². The van der Waals surface area contributed by atoms with Crippen LogP contribution in [-0.2, 0) is 11.0 Å². The Bertz CT molecular complexity index is 1190. The Morgan fingerprint density at radius 2 is 1.75 bits per heavy atom. The van der Waals surface area contributed by atoms with Gasteiger partial charge in [-0.05, 0) is 54.4 Å². The van der Waals surface area contributed by atoms with E-state index in [1.165, 1.54) is 17.0 Å². The highest BCUT2D eigenvalue weighted by Gasteiger charge is 2.51. The van der Waals surface area contributed by atoms with Crippen molar-refractivity contribution in [3.63, 3.8) is 0 Å². The average Bonchev–Trinajstić information content (AvgIpc) is 3.24. The largest absolute Gasteiger partial charge is 0.478 e. The van der Waals surface area contributed by atoms with E-state index in [0.29, 0.717) is 22.8 Å². The van der Waals surface area contributed by atoms with Crippen molar-refractivity contribution in [2.24, 2.45) is 0 Å². The van der Waals surface area contributed by atoms with Crippen LogP contribution in [0.25, 0.3) is 0 Å². The van der Waals surface area contributed by atoms with Gasteiger partial charge in [0.1, 0.15) is 11.8 Å². The number of carbonyl (C=O) groups is 1. The van der Waals surface area contributed by atoms with Crippen molar-refractivity contribution in [3.8, 4) is 17.2 Å². The molecule has 0 spiro atoms. The summed E-state index contributed by atoms with van der Waals surface area (Å²) in [5, 5.41) is 0. The van der Waals surface area contributed by atoms with Crippen molar-refractivity contribution < 1.29 is 32.2 Å². The summed E-state index contributed by atoms with van der Waals surface area (Å²) in [4.78, 5) is 14.4. The van der Waals surface area contributed by atoms with Crippen LogP contribution in [0.3, 0.4) is 0 Å². The van der Waals surface area contributed by atoms with Gasteiger partial charge in [0.25, 0.3) is 5.91 Å². The van der Waals surface area contributed by atoms with Gasteiger partial charge in [-0.3, -0.25) is 9.69 Å². The number of nitrogens with zero attached hydrogens (tertiary/aromatic N) is 1. The minimum atomic E-state index is -4.52. The number of ether oxygens (including phenoxy) is 3. The van der Waals surface area contributed by atoms with Crippen LogP contribution in [0.2, 0.25) is 0 Å². The van der Waals surface area contributed by atoms with Gasteiger partial charge in [-0.1, -0.05) is 30.3 Å². The van der Waals surface area contributed by atoms with Crippen molar-refractivity contribution in [1.82, 2.24) is 0 Å². The molecule has 0 unspecified atom stereocenters. The third-order valence-electron chi connectivity index (χ3n) is 5.58. The Labute approximate surface area is 181 Å². The summed E-state index contributed by atoms with van der Waals surface area (Å²) < 4.78 is 56.7. The second-order valence-corrected chi connectivity index (χ2v) is 7.62. The molecule has 32 heavy (non-hydrogen) atoms. The van der Waals surface area contributed by atoms with E-state index in [0.717, 1.165) is 17.7 Å². The minimum Gasteiger partial charge on any atom is -0.478 e. The average molecular weight is 441 g/mol. The maximum Gasteiger partial charge on any atom is 0.416 e. The Morgan fingerprint density at radius 1 is 0.969 bits per heavy atom. The van der Waals surface area contributed by atoms with E-state index in [1.807, 2.05) is 19.1 Å². The SMILES string of the molecule is Cc1ccccc1O[C@@H]1C(=O)N(c2cccc(C(F)(F)F)c2)[C@H]1c1ccc2c(c1)OCO2. The molecule has 0 bridgehead atoms. The van der Waals surface area contributed by atoms with Gasteiger partial charge in [-0.15, -0.1) is 0 Å². The zero-order valence-electron chi connectivity index (χ0n) is 16.9. The molecule has 1 fully saturated rings. The molecule has 2 aliphatic rings. The highest BCUT2D eigenvalue weighted by molar-refractivity contribution is 6.05. The number of aryl methyl sites for hydroxylation is 1. The molecule has 3 aromatic carbocycles. The fourth-order valence-corrected chi connectivity index (χ4v) is 3.94. The van der Waals surface area contributed by atoms with Gasteiger partial charge in [0.2, 0.25) is 12.9 Å². The Kier molecular flexibility index (Phi) is 4.73. The molecule has 0 radical (unpaired) electrons. The summed E-state index contributed by atoms with van der Waals surface area (Å²) in [5.41, 5.74) is 0.847. The number of anilines is 1. The number of benzene rings is 3. The van der Waals surface area contributed by atoms with E-state index >= 15 is 0 Å². The van der Waals surface area contributed by atoms with Gasteiger partial charge in [0.15, 0.2) is 11.5 Å². The van der Waals surface area contributed by atoms with E-state index in [1.54, 1.807) is 30.3 Å². The number of β-lactam (4-membered cyclic amide) rings is 1. The molecule has 2 atom stereocenters. The zero-order valence-corrected chi connectivity index (χ0v) is 16.9. The Morgan fingerprint density at radius 3 is 2.53 bits per heavy atom. The first-order valence-corrected chi connectivity index (χ1v) is 9.95. The van der Waals surface area contributed by atoms with Crippen LogP contribution in [0.5, 0.6) is 17.2 Å². The van der Waals surface area contributed by atoms with Crippen LogP contribution in [0.15, 0.2) is 66.7 Å². The van der Waals surface area contributed by atoms with Crippen molar-refractivity contribution in [3.05, 3.63) is 83.4 Å². The summed E-state index contributed by atoms with van der Waals surface area (Å²) in [7, 11) is 0. The van der Waals surface area contributed by atoms with Crippen LogP contribution in [-0.4, -0.2) is 18.8 Å². The van der Waals surface area contributed by atoms with E-state index < -0.39 is 29.8 Å². The number of fused-ring (bicyclic) bond motifs is 1. The number of hydrogen-bond donors (Lipinski definition) is 0. The molecule has 1 saturated heterocycles. The third-order valence-corrected chi connectivity index (χ3v) is 5.58. The number of para-hydroxylation sites is 1. The van der Waals surface area contributed by atoms with Crippen LogP contribution < -0.4 is 19.1 Å². The molecule has 5 rings (SSSR count). The van der Waals surface area contributed by atoms with Gasteiger partial charge in [0, 0.05) is 5.69 Å². The molecule has 0 saturated carbocycles. The summed E-state index contributed by atoms with van der Waals surface area (Å²) in [6.07, 6.45) is -5.42. The molecular formula is C24H18F3NO4. The van der Waals surface area contributed by atoms with Gasteiger partial charge in [-0.2, -0.15) is 13.2 Å². The minimum absolute atomic E-state index is 0.0862. The number of carbonyl (C=O) groups excluding carboxylic acids is 1. The first-order valence-electron chi connectivity index (χ1n) is 9.95. The maximum atomic E-state index is 13.3. The van der Waals surface area contributed by atoms with Crippen LogP contribution in [0.4, 0.5) is 18.9 Å². The summed E-state index contributed by atoms with van der Waals surface area (Å²) in [5.74, 6) is 1.21. The van der Waals surface area contributed by atoms with Crippen molar-refractivity contribution in [2.75, 3.05) is 11.7 Å². The molecular weight excluding hydrogens is 423 g/mol. The number of amides is 1. The number of halogens is 3. The van der Waals surface area contributed by atoms with Crippen molar-refractivity contribution >= 4 is 11.6 Å². The Hall–Kier alpha value is -3.68. The highest BCUT2D eigenvalue weighted by Crippen LogP contribution is 2.45. The molecule has 1 amide bonds. The lowest BCUT2D eigenvalue weighted by Crippen LogP contribution is -2.61. The molecule has 2 aliphatic heterocycles. The standard InChI is InChI=1S/C24H18F3NO4/c1-14-5-2-3-8-18(14)32-22-21(15-9-10-19-20(11-15)31-13-30-19)28(23(22)29)17-7-4-6-16(12-17)24(25,26)27/h2-12,21-22H,13H2,1H3/t21-,22-/m0/s1. The van der Waals surface area contributed by atoms with Gasteiger partial charge < -0.3 is 14.2 Å². The Balaban J connectivity index is 1.54. The molecule has 3 aromatic rings. The first-order chi connectivity index (χ1) is 15.3. The van der Waals surface area contributed by atoms with E-state index in [4.69, 9.17) is 14.2 Å². The molecule has 0 aliphatic carbocycles. The lowest BCUT2D eigenvalue weighted by molar-refractivity contribution is -0.138. The quantitative estimate of drug-likeness (QED) is 0.517. The molecule has 8 heteroatoms. The number of hydrogen-bond acceptors (Lipinski definition) is 4. The zero-order chi connectivity index (χ0) is 22.5. The predicted molar refractivity (Wildman–Crippen MR) is 110 cm³/mol. The third kappa shape index (κ3) is 3.41. The molecule has 164 valence electrons. The fourth-order valence-electron chi connectivity index (χ4n) is 3.94. The van der Waals surface area contributed by atoms with Crippen LogP contribution >= 0.6 is 0 Å². The monoisotopic (exact) mass is 441 g/mol. The maximum absolute atomic E-state index is 13.3. The van der Waals surface area contributed by atoms with Crippen LogP contribution in [0.1, 0.15) is 22.7 Å². The predicted octanol–water partition coefficient (Wildman–Crippen LogP) is 5.28. The summed E-state index contributed by atoms with van der Waals surface area (Å²) in [6.45, 7) is 1.95. The van der Waals surface area contributed by atoms with Gasteiger partial charge in [0.05, 0.1) is 5.56 Å². The second-order valence-electron chi connectivity index (χ2n) is 7.62. The fraction of sp³-hybridized carbons (Fsp3) is 0.208. The second kappa shape index (κ2) is 7.47. The molecule has 5 nitrogen and oxygen atoms in total. The van der Waals surface area contributed by atoms with Crippen molar-refractivity contribution in [1.29, 1.82) is 0 Å². The number of rotatable bonds is 4. The molecule has 0 N–H and O–H groups in total. The van der Waals surface area contributed by atoms with E-state index in [-0.39, 0.29) is 12.5 Å². The smallest absolute Gasteiger partial charge is 0.416 e. The molecule has 2 heterocycles. The number of alkyl halides is 3. The highest BCUT2D eigenvalue weighted by atomic mass is 19.4. The normalized spacial score (nSPS) is 19.6. The van der Waals surface area contributed by atoms with Crippen molar-refractivity contribution in [2.45, 2.75) is 25.2 Å². The van der Waals surface area contributed by atoms with E-state index in [9.17, 15) is 18.0 Å². The first kappa shape index (κ1) is 20.2. The summed E-state index contributed by atoms with van der Waals surface area (Å²) in [6, 6.07) is 16.6. The summed E-state index contributed by atoms with van der Waals surface area (Å²) >= 11 is 0. The lowest BCUT2D eigenvalue weighted by Gasteiger charge is -2.47. The topological polar surface area (TPSA) is 48.0 Å². The van der Waals surface area contributed by atoms with Gasteiger partial charge in [-0.25, -0.2) is 0 Å². The van der Waals surface area contributed by atoms with Gasteiger partial charge >= 0.3 is 6.18 Å². The van der Waals surface area contributed by atoms with E-state index in [2.05, 4.69) is 0 Å². The lowest BCUT2D eigenvalue weighted by atomic mass is 9.89.